The predicted molar refractivity (Wildman–Crippen MR) is 82.0 cm³/mol. The number of halogens is 5. The van der Waals surface area contributed by atoms with Crippen molar-refractivity contribution in [1.82, 2.24) is 9.58 Å². The molecule has 0 radical (unpaired) electrons. The van der Waals surface area contributed by atoms with Crippen LogP contribution in [0.25, 0.3) is 0 Å². The SMILES string of the molecule is CCCCOc1c2n(cc(C(F)F)c1=O)NCN([C@H](C)C(F)(F)F)C2=O. The molecule has 0 saturated heterocycles. The van der Waals surface area contributed by atoms with Gasteiger partial charge in [-0.05, 0) is 13.3 Å². The minimum atomic E-state index is -4.69. The Balaban J connectivity index is 2.53. The van der Waals surface area contributed by atoms with Crippen molar-refractivity contribution in [2.45, 2.75) is 45.3 Å². The van der Waals surface area contributed by atoms with Crippen LogP contribution in [0.5, 0.6) is 5.75 Å². The number of nitrogens with zero attached hydrogens (tertiary/aromatic N) is 2. The third kappa shape index (κ3) is 3.75. The number of fused-ring (bicyclic) bond motifs is 1. The van der Waals surface area contributed by atoms with Crippen LogP contribution in [0, 0.1) is 0 Å². The largest absolute Gasteiger partial charge is 0.487 e. The molecule has 1 aromatic rings. The fourth-order valence-electron chi connectivity index (χ4n) is 2.39. The molecule has 0 bridgehead atoms. The van der Waals surface area contributed by atoms with Crippen LogP contribution in [0.1, 0.15) is 49.2 Å². The molecule has 2 rings (SSSR count). The minimum Gasteiger partial charge on any atom is -0.487 e. The molecule has 1 N–H and O–H groups in total. The lowest BCUT2D eigenvalue weighted by molar-refractivity contribution is -0.172. The van der Waals surface area contributed by atoms with Gasteiger partial charge in [0.15, 0.2) is 11.4 Å². The van der Waals surface area contributed by atoms with Gasteiger partial charge in [0.1, 0.15) is 12.7 Å². The van der Waals surface area contributed by atoms with Crippen molar-refractivity contribution in [1.29, 1.82) is 0 Å². The van der Waals surface area contributed by atoms with Gasteiger partial charge in [-0.15, -0.1) is 0 Å². The number of carbonyl (C=O) groups is 1. The Hall–Kier alpha value is -2.33. The quantitative estimate of drug-likeness (QED) is 0.606. The highest BCUT2D eigenvalue weighted by Gasteiger charge is 2.45. The van der Waals surface area contributed by atoms with Crippen molar-refractivity contribution in [2.24, 2.45) is 0 Å². The van der Waals surface area contributed by atoms with Crippen LogP contribution in [-0.4, -0.2) is 41.0 Å². The maximum absolute atomic E-state index is 13.1. The molecule has 26 heavy (non-hydrogen) atoms. The lowest BCUT2D eigenvalue weighted by Gasteiger charge is -2.36. The molecule has 2 heterocycles. The van der Waals surface area contributed by atoms with Crippen molar-refractivity contribution in [3.63, 3.8) is 0 Å². The third-order valence-electron chi connectivity index (χ3n) is 3.99. The van der Waals surface area contributed by atoms with Crippen molar-refractivity contribution in [2.75, 3.05) is 18.7 Å². The molecule has 0 aliphatic carbocycles. The van der Waals surface area contributed by atoms with Gasteiger partial charge in [-0.3, -0.25) is 14.3 Å². The molecule has 0 saturated carbocycles. The predicted octanol–water partition coefficient (Wildman–Crippen LogP) is 2.87. The second kappa shape index (κ2) is 7.50. The topological polar surface area (TPSA) is 63.6 Å². The third-order valence-corrected chi connectivity index (χ3v) is 3.99. The molecule has 11 heteroatoms. The van der Waals surface area contributed by atoms with E-state index in [1.165, 1.54) is 0 Å². The summed E-state index contributed by atoms with van der Waals surface area (Å²) in [5.74, 6) is -1.80. The normalized spacial score (nSPS) is 15.7. The molecule has 1 amide bonds. The van der Waals surface area contributed by atoms with Crippen LogP contribution in [0.3, 0.4) is 0 Å². The van der Waals surface area contributed by atoms with E-state index in [2.05, 4.69) is 5.43 Å². The average molecular weight is 383 g/mol. The average Bonchev–Trinajstić information content (AvgIpc) is 2.55. The molecule has 0 fully saturated rings. The first-order valence-electron chi connectivity index (χ1n) is 7.91. The van der Waals surface area contributed by atoms with Gasteiger partial charge in [0, 0.05) is 6.20 Å². The zero-order valence-electron chi connectivity index (χ0n) is 14.1. The molecule has 0 aromatic carbocycles. The van der Waals surface area contributed by atoms with Crippen LogP contribution >= 0.6 is 0 Å². The van der Waals surface area contributed by atoms with Crippen molar-refractivity contribution in [3.05, 3.63) is 27.7 Å². The number of rotatable bonds is 6. The van der Waals surface area contributed by atoms with E-state index in [0.29, 0.717) is 23.9 Å². The van der Waals surface area contributed by atoms with E-state index in [1.807, 2.05) is 6.92 Å². The van der Waals surface area contributed by atoms with Crippen LogP contribution in [-0.2, 0) is 0 Å². The number of hydrogen-bond donors (Lipinski definition) is 1. The molecule has 1 atom stereocenters. The molecular formula is C15H18F5N3O3. The van der Waals surface area contributed by atoms with Gasteiger partial charge in [-0.25, -0.2) is 8.78 Å². The number of amides is 1. The van der Waals surface area contributed by atoms with Gasteiger partial charge in [0.2, 0.25) is 5.43 Å². The van der Waals surface area contributed by atoms with Crippen molar-refractivity contribution in [3.8, 4) is 5.75 Å². The van der Waals surface area contributed by atoms with Gasteiger partial charge >= 0.3 is 6.18 Å². The summed E-state index contributed by atoms with van der Waals surface area (Å²) in [6.45, 7) is 2.01. The lowest BCUT2D eigenvalue weighted by atomic mass is 10.1. The number of carbonyl (C=O) groups excluding carboxylic acids is 1. The first kappa shape index (κ1) is 20.0. The second-order valence-electron chi connectivity index (χ2n) is 5.77. The molecule has 0 spiro atoms. The molecule has 1 aliphatic rings. The van der Waals surface area contributed by atoms with Crippen LogP contribution in [0.15, 0.2) is 11.0 Å². The fraction of sp³-hybridized carbons (Fsp3) is 0.600. The highest BCUT2D eigenvalue weighted by molar-refractivity contribution is 5.96. The van der Waals surface area contributed by atoms with E-state index in [4.69, 9.17) is 4.74 Å². The maximum atomic E-state index is 13.1. The van der Waals surface area contributed by atoms with E-state index in [9.17, 15) is 31.5 Å². The maximum Gasteiger partial charge on any atom is 0.408 e. The summed E-state index contributed by atoms with van der Waals surface area (Å²) in [6, 6.07) is -2.13. The van der Waals surface area contributed by atoms with Gasteiger partial charge in [-0.1, -0.05) is 13.3 Å². The van der Waals surface area contributed by atoms with Gasteiger partial charge in [0.25, 0.3) is 12.3 Å². The zero-order chi connectivity index (χ0) is 19.6. The highest BCUT2D eigenvalue weighted by Crippen LogP contribution is 2.29. The number of alkyl halides is 5. The fourth-order valence-corrected chi connectivity index (χ4v) is 2.39. The number of pyridine rings is 1. The molecule has 1 aliphatic heterocycles. The van der Waals surface area contributed by atoms with E-state index in [-0.39, 0.29) is 6.61 Å². The molecule has 0 unspecified atom stereocenters. The van der Waals surface area contributed by atoms with E-state index in [1.54, 1.807) is 0 Å². The molecular weight excluding hydrogens is 365 g/mol. The smallest absolute Gasteiger partial charge is 0.408 e. The summed E-state index contributed by atoms with van der Waals surface area (Å²) >= 11 is 0. The zero-order valence-corrected chi connectivity index (χ0v) is 14.1. The van der Waals surface area contributed by atoms with E-state index < -0.39 is 53.7 Å². The summed E-state index contributed by atoms with van der Waals surface area (Å²) in [7, 11) is 0. The summed E-state index contributed by atoms with van der Waals surface area (Å²) in [4.78, 5) is 25.3. The van der Waals surface area contributed by atoms with Gasteiger partial charge in [-0.2, -0.15) is 13.2 Å². The number of hydrogen-bond acceptors (Lipinski definition) is 4. The Morgan fingerprint density at radius 3 is 2.50 bits per heavy atom. The summed E-state index contributed by atoms with van der Waals surface area (Å²) in [5, 5.41) is 0. The number of ether oxygens (including phenoxy) is 1. The Bertz CT molecular complexity index is 732. The summed E-state index contributed by atoms with van der Waals surface area (Å²) < 4.78 is 71.1. The van der Waals surface area contributed by atoms with Crippen molar-refractivity contribution < 1.29 is 31.5 Å². The first-order valence-corrected chi connectivity index (χ1v) is 7.91. The van der Waals surface area contributed by atoms with Crippen molar-refractivity contribution >= 4 is 5.91 Å². The minimum absolute atomic E-state index is 0.0342. The van der Waals surface area contributed by atoms with Crippen LogP contribution in [0.2, 0.25) is 0 Å². The molecule has 6 nitrogen and oxygen atoms in total. The van der Waals surface area contributed by atoms with Gasteiger partial charge < -0.3 is 15.1 Å². The Labute approximate surface area is 145 Å². The molecule has 146 valence electrons. The summed E-state index contributed by atoms with van der Waals surface area (Å²) in [6.07, 6.45) is -5.96. The highest BCUT2D eigenvalue weighted by atomic mass is 19.4. The van der Waals surface area contributed by atoms with E-state index >= 15 is 0 Å². The first-order chi connectivity index (χ1) is 12.1. The molecule has 1 aromatic heterocycles. The number of aromatic nitrogens is 1. The number of unbranched alkanes of at least 4 members (excludes halogenated alkanes) is 1. The van der Waals surface area contributed by atoms with Crippen LogP contribution in [0.4, 0.5) is 22.0 Å². The monoisotopic (exact) mass is 383 g/mol. The summed E-state index contributed by atoms with van der Waals surface area (Å²) in [5.41, 5.74) is -0.225. The van der Waals surface area contributed by atoms with E-state index in [0.717, 1.165) is 11.6 Å². The Morgan fingerprint density at radius 2 is 1.96 bits per heavy atom. The second-order valence-corrected chi connectivity index (χ2v) is 5.77. The van der Waals surface area contributed by atoms with Crippen LogP contribution < -0.4 is 15.6 Å². The standard InChI is InChI=1S/C15H18F5N3O3/c1-3-4-5-26-12-10-14(25)22(8(2)15(18,19)20)7-21-23(10)6-9(11(12)24)13(16)17/h6,8,13,21H,3-5,7H2,1-2H3/t8-/m1/s1. The van der Waals surface area contributed by atoms with Gasteiger partial charge in [0.05, 0.1) is 12.2 Å². The number of nitrogens with one attached hydrogen (secondary N) is 1. The Morgan fingerprint density at radius 1 is 1.31 bits per heavy atom. The Kier molecular flexibility index (Phi) is 5.77. The lowest BCUT2D eigenvalue weighted by Crippen LogP contribution is -2.54.